The van der Waals surface area contributed by atoms with Gasteiger partial charge in [0.1, 0.15) is 5.75 Å². The van der Waals surface area contributed by atoms with Crippen LogP contribution in [0.1, 0.15) is 18.4 Å². The Labute approximate surface area is 116 Å². The van der Waals surface area contributed by atoms with Gasteiger partial charge in [0, 0.05) is 0 Å². The van der Waals surface area contributed by atoms with Gasteiger partial charge in [0.15, 0.2) is 0 Å². The van der Waals surface area contributed by atoms with Crippen molar-refractivity contribution in [3.05, 3.63) is 29.8 Å². The summed E-state index contributed by atoms with van der Waals surface area (Å²) in [5, 5.41) is 0. The molecule has 17 heavy (non-hydrogen) atoms. The third-order valence-electron chi connectivity index (χ3n) is 2.30. The zero-order valence-corrected chi connectivity index (χ0v) is 12.1. The molecule has 0 aliphatic carbocycles. The van der Waals surface area contributed by atoms with Gasteiger partial charge in [0.25, 0.3) is 0 Å². The molecular weight excluding hydrogens is 331 g/mol. The standard InChI is InChI=1S/C13H17IO3/c1-16-13(15)7-9-17-12-6-2-4-11(10-12)5-3-8-14/h2,4,6,10H,3,5,7-9H2,1H3. The number of hydrogen-bond acceptors (Lipinski definition) is 3. The molecule has 0 bridgehead atoms. The number of ether oxygens (including phenoxy) is 2. The number of esters is 1. The topological polar surface area (TPSA) is 35.5 Å². The van der Waals surface area contributed by atoms with E-state index in [0.29, 0.717) is 6.61 Å². The van der Waals surface area contributed by atoms with Gasteiger partial charge in [-0.15, -0.1) is 0 Å². The molecule has 0 saturated carbocycles. The number of carbonyl (C=O) groups excluding carboxylic acids is 1. The van der Waals surface area contributed by atoms with E-state index in [2.05, 4.69) is 33.4 Å². The van der Waals surface area contributed by atoms with Crippen molar-refractivity contribution in [1.82, 2.24) is 0 Å². The maximum Gasteiger partial charge on any atom is 0.308 e. The zero-order valence-electron chi connectivity index (χ0n) is 9.95. The Morgan fingerprint density at radius 3 is 2.94 bits per heavy atom. The lowest BCUT2D eigenvalue weighted by molar-refractivity contribution is -0.141. The normalized spacial score (nSPS) is 10.0. The number of aryl methyl sites for hydroxylation is 1. The Hall–Kier alpha value is -0.780. The lowest BCUT2D eigenvalue weighted by Crippen LogP contribution is -2.07. The molecule has 0 spiro atoms. The third-order valence-corrected chi connectivity index (χ3v) is 3.06. The Morgan fingerprint density at radius 1 is 1.41 bits per heavy atom. The molecule has 94 valence electrons. The van der Waals surface area contributed by atoms with Gasteiger partial charge in [0.2, 0.25) is 0 Å². The van der Waals surface area contributed by atoms with E-state index in [1.807, 2.05) is 18.2 Å². The predicted molar refractivity (Wildman–Crippen MR) is 75.8 cm³/mol. The number of hydrogen-bond donors (Lipinski definition) is 0. The number of benzene rings is 1. The number of rotatable bonds is 7. The van der Waals surface area contributed by atoms with Crippen molar-refractivity contribution in [2.75, 3.05) is 18.1 Å². The fourth-order valence-corrected chi connectivity index (χ4v) is 1.80. The summed E-state index contributed by atoms with van der Waals surface area (Å²) in [5.41, 5.74) is 1.28. The van der Waals surface area contributed by atoms with Gasteiger partial charge < -0.3 is 9.47 Å². The molecular formula is C13H17IO3. The van der Waals surface area contributed by atoms with Crippen LogP contribution in [0.3, 0.4) is 0 Å². The summed E-state index contributed by atoms with van der Waals surface area (Å²) in [6, 6.07) is 8.02. The van der Waals surface area contributed by atoms with Gasteiger partial charge >= 0.3 is 5.97 Å². The quantitative estimate of drug-likeness (QED) is 0.432. The fraction of sp³-hybridized carbons (Fsp3) is 0.462. The molecule has 0 aromatic heterocycles. The average molecular weight is 348 g/mol. The largest absolute Gasteiger partial charge is 0.493 e. The van der Waals surface area contributed by atoms with Gasteiger partial charge in [0.05, 0.1) is 20.1 Å². The van der Waals surface area contributed by atoms with Gasteiger partial charge in [-0.3, -0.25) is 4.79 Å². The minimum atomic E-state index is -0.244. The van der Waals surface area contributed by atoms with Crippen LogP contribution in [0.15, 0.2) is 24.3 Å². The highest BCUT2D eigenvalue weighted by molar-refractivity contribution is 14.1. The summed E-state index contributed by atoms with van der Waals surface area (Å²) in [4.78, 5) is 10.9. The molecule has 0 N–H and O–H groups in total. The van der Waals surface area contributed by atoms with Crippen LogP contribution in [0, 0.1) is 0 Å². The smallest absolute Gasteiger partial charge is 0.308 e. The van der Waals surface area contributed by atoms with E-state index in [9.17, 15) is 4.79 Å². The lowest BCUT2D eigenvalue weighted by atomic mass is 10.1. The van der Waals surface area contributed by atoms with Gasteiger partial charge in [-0.2, -0.15) is 0 Å². The summed E-state index contributed by atoms with van der Waals surface area (Å²) in [6.07, 6.45) is 2.53. The van der Waals surface area contributed by atoms with E-state index >= 15 is 0 Å². The summed E-state index contributed by atoms with van der Waals surface area (Å²) in [6.45, 7) is 0.364. The fourth-order valence-electron chi connectivity index (χ4n) is 1.42. The van der Waals surface area contributed by atoms with E-state index in [1.165, 1.54) is 19.1 Å². The molecule has 4 heteroatoms. The highest BCUT2D eigenvalue weighted by atomic mass is 127. The SMILES string of the molecule is COC(=O)CCOc1cccc(CCCI)c1. The van der Waals surface area contributed by atoms with Crippen molar-refractivity contribution >= 4 is 28.6 Å². The molecule has 0 fully saturated rings. The molecule has 1 aromatic carbocycles. The second kappa shape index (κ2) is 8.33. The highest BCUT2D eigenvalue weighted by Crippen LogP contribution is 2.15. The first kappa shape index (κ1) is 14.3. The third kappa shape index (κ3) is 5.91. The van der Waals surface area contributed by atoms with Crippen LogP contribution in [-0.4, -0.2) is 24.1 Å². The number of carbonyl (C=O) groups is 1. The van der Waals surface area contributed by atoms with Gasteiger partial charge in [-0.25, -0.2) is 0 Å². The summed E-state index contributed by atoms with van der Waals surface area (Å²) in [7, 11) is 1.38. The van der Waals surface area contributed by atoms with Crippen molar-refractivity contribution < 1.29 is 14.3 Å². The number of alkyl halides is 1. The Kier molecular flexibility index (Phi) is 7.00. The van der Waals surface area contributed by atoms with E-state index in [-0.39, 0.29) is 12.4 Å². The van der Waals surface area contributed by atoms with Crippen LogP contribution < -0.4 is 4.74 Å². The molecule has 0 heterocycles. The summed E-state index contributed by atoms with van der Waals surface area (Å²) >= 11 is 2.37. The summed E-state index contributed by atoms with van der Waals surface area (Å²) < 4.78 is 11.2. The monoisotopic (exact) mass is 348 g/mol. The van der Waals surface area contributed by atoms with Crippen molar-refractivity contribution in [2.45, 2.75) is 19.3 Å². The number of halogens is 1. The Bertz CT molecular complexity index is 352. The Morgan fingerprint density at radius 2 is 2.24 bits per heavy atom. The molecule has 0 unspecified atom stereocenters. The minimum absolute atomic E-state index is 0.244. The van der Waals surface area contributed by atoms with Crippen LogP contribution in [0.4, 0.5) is 0 Å². The van der Waals surface area contributed by atoms with Crippen LogP contribution in [0.25, 0.3) is 0 Å². The van der Waals surface area contributed by atoms with Gasteiger partial charge in [-0.05, 0) is 35.0 Å². The van der Waals surface area contributed by atoms with Crippen LogP contribution >= 0.6 is 22.6 Å². The second-order valence-corrected chi connectivity index (χ2v) is 4.69. The maximum atomic E-state index is 10.9. The van der Waals surface area contributed by atoms with Crippen molar-refractivity contribution in [3.8, 4) is 5.75 Å². The van der Waals surface area contributed by atoms with E-state index in [4.69, 9.17) is 4.74 Å². The molecule has 1 aromatic rings. The second-order valence-electron chi connectivity index (χ2n) is 3.61. The Balaban J connectivity index is 2.40. The first-order valence-electron chi connectivity index (χ1n) is 5.61. The first-order valence-corrected chi connectivity index (χ1v) is 7.13. The van der Waals surface area contributed by atoms with E-state index in [0.717, 1.165) is 16.6 Å². The molecule has 3 nitrogen and oxygen atoms in total. The zero-order chi connectivity index (χ0) is 12.5. The molecule has 0 aliphatic rings. The van der Waals surface area contributed by atoms with Crippen molar-refractivity contribution in [1.29, 1.82) is 0 Å². The number of methoxy groups -OCH3 is 1. The molecule has 0 saturated heterocycles. The molecule has 1 rings (SSSR count). The summed E-state index contributed by atoms with van der Waals surface area (Å²) in [5.74, 6) is 0.575. The van der Waals surface area contributed by atoms with E-state index in [1.54, 1.807) is 0 Å². The van der Waals surface area contributed by atoms with Gasteiger partial charge in [-0.1, -0.05) is 34.7 Å². The first-order chi connectivity index (χ1) is 8.26. The maximum absolute atomic E-state index is 10.9. The molecule has 0 radical (unpaired) electrons. The van der Waals surface area contributed by atoms with Crippen LogP contribution in [0.2, 0.25) is 0 Å². The van der Waals surface area contributed by atoms with Crippen LogP contribution in [-0.2, 0) is 16.0 Å². The molecule has 0 atom stereocenters. The minimum Gasteiger partial charge on any atom is -0.493 e. The average Bonchev–Trinajstić information content (AvgIpc) is 2.36. The van der Waals surface area contributed by atoms with E-state index < -0.39 is 0 Å². The van der Waals surface area contributed by atoms with Crippen molar-refractivity contribution in [2.24, 2.45) is 0 Å². The predicted octanol–water partition coefficient (Wildman–Crippen LogP) is 3.00. The lowest BCUT2D eigenvalue weighted by Gasteiger charge is -2.07. The molecule has 0 amide bonds. The van der Waals surface area contributed by atoms with Crippen LogP contribution in [0.5, 0.6) is 5.75 Å². The van der Waals surface area contributed by atoms with Crippen molar-refractivity contribution in [3.63, 3.8) is 0 Å². The highest BCUT2D eigenvalue weighted by Gasteiger charge is 2.01. The molecule has 0 aliphatic heterocycles.